The number of carbonyl (C=O) groups excluding carboxylic acids is 8. The van der Waals surface area contributed by atoms with Crippen LogP contribution in [-0.2, 0) is 63.7 Å². The first-order chi connectivity index (χ1) is 28.8. The molecule has 1 fully saturated rings. The van der Waals surface area contributed by atoms with E-state index in [2.05, 4.69) is 0 Å². The number of likely N-dealkylation sites (N-methyl/N-ethyl adjacent to an activating group) is 4. The molecule has 7 atom stereocenters. The maximum Gasteiger partial charge on any atom is 0.329 e. The molecule has 17 heteroatoms. The summed E-state index contributed by atoms with van der Waals surface area (Å²) in [6.07, 6.45) is -4.01. The molecule has 0 spiro atoms. The summed E-state index contributed by atoms with van der Waals surface area (Å²) in [6, 6.07) is 1.73. The topological polar surface area (TPSA) is 186 Å². The third-order valence-electron chi connectivity index (χ3n) is 10.7. The smallest absolute Gasteiger partial charge is 0.329 e. The Morgan fingerprint density at radius 1 is 0.516 bits per heavy atom. The van der Waals surface area contributed by atoms with Gasteiger partial charge in [-0.05, 0) is 68.8 Å². The van der Waals surface area contributed by atoms with Crippen molar-refractivity contribution in [3.05, 3.63) is 29.8 Å². The Bertz CT molecular complexity index is 1720. The fraction of sp³-hybridized carbons (Fsp3) is 0.689. The van der Waals surface area contributed by atoms with Gasteiger partial charge in [-0.2, -0.15) is 0 Å². The molecule has 1 aromatic carbocycles. The van der Waals surface area contributed by atoms with Gasteiger partial charge in [0.25, 0.3) is 23.6 Å². The summed E-state index contributed by atoms with van der Waals surface area (Å²) in [4.78, 5) is 116. The zero-order chi connectivity index (χ0) is 47.3. The summed E-state index contributed by atoms with van der Waals surface area (Å²) in [5.41, 5.74) is 1.04. The Hall–Kier alpha value is -4.96. The molecule has 0 unspecified atom stereocenters. The molecule has 1 aliphatic heterocycles. The number of amides is 4. The molecule has 1 aliphatic rings. The van der Waals surface area contributed by atoms with E-state index in [-0.39, 0.29) is 55.8 Å². The van der Waals surface area contributed by atoms with Crippen molar-refractivity contribution in [3.8, 4) is 0 Å². The molecule has 2 radical (unpaired) electrons. The highest BCUT2D eigenvalue weighted by atomic mass is 16.6. The van der Waals surface area contributed by atoms with Crippen LogP contribution in [0.1, 0.15) is 100 Å². The molecule has 1 aromatic rings. The molecule has 4 amide bonds. The predicted octanol–water partition coefficient (Wildman–Crippen LogP) is 2.85. The van der Waals surface area contributed by atoms with E-state index in [0.29, 0.717) is 11.0 Å². The molecular weight excluding hydrogens is 799 g/mol. The van der Waals surface area contributed by atoms with Gasteiger partial charge < -0.3 is 38.5 Å². The largest absolute Gasteiger partial charge is 0.454 e. The van der Waals surface area contributed by atoms with Crippen molar-refractivity contribution in [3.63, 3.8) is 0 Å². The molecule has 1 heterocycles. The normalized spacial score (nSPS) is 25.4. The fourth-order valence-electron chi connectivity index (χ4n) is 7.07. The van der Waals surface area contributed by atoms with E-state index in [1.807, 2.05) is 55.4 Å². The average Bonchev–Trinajstić information content (AvgIpc) is 3.19. The minimum absolute atomic E-state index is 0.104. The molecule has 62 heavy (non-hydrogen) atoms. The van der Waals surface area contributed by atoms with Crippen LogP contribution in [0.2, 0.25) is 0 Å². The highest BCUT2D eigenvalue weighted by Gasteiger charge is 2.41. The lowest BCUT2D eigenvalue weighted by atomic mass is 9.94. The van der Waals surface area contributed by atoms with Crippen LogP contribution >= 0.6 is 0 Å². The maximum atomic E-state index is 14.5. The fourth-order valence-corrected chi connectivity index (χ4v) is 7.07. The van der Waals surface area contributed by atoms with Crippen LogP contribution < -0.4 is 5.46 Å². The van der Waals surface area contributed by atoms with Gasteiger partial charge in [-0.3, -0.25) is 19.2 Å². The molecule has 1 saturated heterocycles. The standard InChI is InChI=1S/C45H69BN4O12/c1-25(2)19-33-42(55)59-24-38(51)47(11)34(20-26(3)4)43(56)60-30(10)40(53)49(13)36(22-28(7)8)45(58)62-37(23-31-15-17-32(46)18-16-31)41(54)50(14)35(21-27(5)6)44(57)61-29(9)39(52)48(33)12/h15-18,25-30,33-37H,19-24H2,1-14H3/t29-,30-,33+,34+,35+,36+,37-/m1/s1. The first kappa shape index (κ1) is 53.2. The number of nitrogens with zero attached hydrogens (tertiary/aromatic N) is 4. The van der Waals surface area contributed by atoms with Gasteiger partial charge in [0.15, 0.2) is 24.9 Å². The molecular formula is C45H69BN4O12. The van der Waals surface area contributed by atoms with E-state index in [1.165, 1.54) is 42.0 Å². The molecule has 0 N–H and O–H groups in total. The van der Waals surface area contributed by atoms with Crippen molar-refractivity contribution < 1.29 is 57.3 Å². The highest BCUT2D eigenvalue weighted by molar-refractivity contribution is 6.32. The van der Waals surface area contributed by atoms with Crippen LogP contribution in [0.15, 0.2) is 24.3 Å². The van der Waals surface area contributed by atoms with Crippen LogP contribution in [0.3, 0.4) is 0 Å². The first-order valence-corrected chi connectivity index (χ1v) is 21.4. The minimum Gasteiger partial charge on any atom is -0.454 e. The quantitative estimate of drug-likeness (QED) is 0.191. The van der Waals surface area contributed by atoms with Crippen LogP contribution in [0.25, 0.3) is 0 Å². The number of benzene rings is 1. The summed E-state index contributed by atoms with van der Waals surface area (Å²) in [6.45, 7) is 16.6. The third-order valence-corrected chi connectivity index (χ3v) is 10.7. The molecule has 0 aromatic heterocycles. The zero-order valence-corrected chi connectivity index (χ0v) is 39.2. The Balaban J connectivity index is 2.77. The predicted molar refractivity (Wildman–Crippen MR) is 232 cm³/mol. The van der Waals surface area contributed by atoms with Crippen molar-refractivity contribution >= 4 is 60.8 Å². The van der Waals surface area contributed by atoms with Gasteiger partial charge in [0.05, 0.1) is 0 Å². The first-order valence-electron chi connectivity index (χ1n) is 21.4. The van der Waals surface area contributed by atoms with Crippen molar-refractivity contribution in [1.82, 2.24) is 19.6 Å². The lowest BCUT2D eigenvalue weighted by Crippen LogP contribution is -2.54. The summed E-state index contributed by atoms with van der Waals surface area (Å²) in [7, 11) is 11.4. The Labute approximate surface area is 369 Å². The van der Waals surface area contributed by atoms with Crippen LogP contribution in [0, 0.1) is 23.7 Å². The Kier molecular flexibility index (Phi) is 20.6. The SMILES string of the molecule is [B]c1ccc(C[C@H]2OC(=O)[C@H](CC(C)C)N(C)C(=O)[C@@H](C)OC(=O)[C@H](CC(C)C)N(C)C(=O)COC(=O)[C@H](CC(C)C)N(C)C(=O)[C@@H](C)OC(=O)[C@H](CC(C)C)N(C)C2=O)cc1. The second kappa shape index (κ2) is 24.0. The Morgan fingerprint density at radius 3 is 1.24 bits per heavy atom. The number of hydrogen-bond donors (Lipinski definition) is 0. The summed E-state index contributed by atoms with van der Waals surface area (Å²) in [5.74, 6) is -7.14. The van der Waals surface area contributed by atoms with Crippen LogP contribution in [-0.4, -0.2) is 152 Å². The lowest BCUT2D eigenvalue weighted by Gasteiger charge is -2.34. The van der Waals surface area contributed by atoms with E-state index in [9.17, 15) is 38.4 Å². The average molecular weight is 869 g/mol. The number of ether oxygens (including phenoxy) is 4. The van der Waals surface area contributed by atoms with Crippen molar-refractivity contribution in [2.75, 3.05) is 34.8 Å². The second-order valence-electron chi connectivity index (χ2n) is 18.1. The molecule has 0 aliphatic carbocycles. The van der Waals surface area contributed by atoms with Gasteiger partial charge in [0, 0.05) is 34.6 Å². The molecule has 2 rings (SSSR count). The van der Waals surface area contributed by atoms with Crippen molar-refractivity contribution in [2.24, 2.45) is 23.7 Å². The molecule has 0 bridgehead atoms. The number of carbonyl (C=O) groups is 8. The molecule has 16 nitrogen and oxygen atoms in total. The van der Waals surface area contributed by atoms with Crippen molar-refractivity contribution in [2.45, 2.75) is 144 Å². The molecule has 0 saturated carbocycles. The molecule has 344 valence electrons. The van der Waals surface area contributed by atoms with Gasteiger partial charge in [-0.1, -0.05) is 85.1 Å². The zero-order valence-electron chi connectivity index (χ0n) is 39.2. The maximum absolute atomic E-state index is 14.5. The highest BCUT2D eigenvalue weighted by Crippen LogP contribution is 2.22. The van der Waals surface area contributed by atoms with Crippen molar-refractivity contribution in [1.29, 1.82) is 0 Å². The third kappa shape index (κ3) is 15.4. The summed E-state index contributed by atoms with van der Waals surface area (Å²) in [5, 5.41) is 0. The van der Waals surface area contributed by atoms with E-state index >= 15 is 0 Å². The second-order valence-corrected chi connectivity index (χ2v) is 18.1. The van der Waals surface area contributed by atoms with Gasteiger partial charge in [-0.25, -0.2) is 19.2 Å². The summed E-state index contributed by atoms with van der Waals surface area (Å²) >= 11 is 0. The van der Waals surface area contributed by atoms with E-state index < -0.39 is 96.6 Å². The monoisotopic (exact) mass is 869 g/mol. The van der Waals surface area contributed by atoms with Gasteiger partial charge in [0.2, 0.25) is 0 Å². The number of rotatable bonds is 10. The number of hydrogen-bond acceptors (Lipinski definition) is 12. The van der Waals surface area contributed by atoms with Gasteiger partial charge >= 0.3 is 23.9 Å². The van der Waals surface area contributed by atoms with E-state index in [0.717, 1.165) is 19.6 Å². The Morgan fingerprint density at radius 2 is 0.855 bits per heavy atom. The minimum atomic E-state index is -1.50. The lowest BCUT2D eigenvalue weighted by molar-refractivity contribution is -0.174. The summed E-state index contributed by atoms with van der Waals surface area (Å²) < 4.78 is 22.8. The van der Waals surface area contributed by atoms with Crippen LogP contribution in [0.5, 0.6) is 0 Å². The number of esters is 4. The number of cyclic esters (lactones) is 4. The van der Waals surface area contributed by atoms with Gasteiger partial charge in [-0.15, -0.1) is 0 Å². The van der Waals surface area contributed by atoms with E-state index in [1.54, 1.807) is 24.3 Å². The van der Waals surface area contributed by atoms with Crippen LogP contribution in [0.4, 0.5) is 0 Å². The van der Waals surface area contributed by atoms with E-state index in [4.69, 9.17) is 26.8 Å². The van der Waals surface area contributed by atoms with Gasteiger partial charge in [0.1, 0.15) is 32.0 Å².